The lowest BCUT2D eigenvalue weighted by Gasteiger charge is -2.26. The van der Waals surface area contributed by atoms with Crippen LogP contribution < -0.4 is 14.4 Å². The number of aliphatic hydroxyl groups excluding tert-OH is 1. The van der Waals surface area contributed by atoms with Crippen LogP contribution >= 0.6 is 0 Å². The predicted octanol–water partition coefficient (Wildman–Crippen LogP) is 5.84. The van der Waals surface area contributed by atoms with Crippen molar-refractivity contribution in [2.75, 3.05) is 25.2 Å². The normalized spacial score (nSPS) is 16.4. The number of ketones is 1. The summed E-state index contributed by atoms with van der Waals surface area (Å²) in [6.07, 6.45) is 0. The van der Waals surface area contributed by atoms with Gasteiger partial charge in [-0.15, -0.1) is 0 Å². The van der Waals surface area contributed by atoms with Gasteiger partial charge in [0.25, 0.3) is 11.7 Å². The largest absolute Gasteiger partial charge is 0.507 e. The van der Waals surface area contributed by atoms with Crippen molar-refractivity contribution in [3.05, 3.63) is 94.6 Å². The summed E-state index contributed by atoms with van der Waals surface area (Å²) in [6, 6.07) is 17.4. The molecule has 1 N–H and O–H groups in total. The highest BCUT2D eigenvalue weighted by atomic mass is 16.5. The van der Waals surface area contributed by atoms with Gasteiger partial charge >= 0.3 is 5.97 Å². The van der Waals surface area contributed by atoms with E-state index in [0.29, 0.717) is 40.8 Å². The van der Waals surface area contributed by atoms with Crippen molar-refractivity contribution in [3.63, 3.8) is 0 Å². The summed E-state index contributed by atoms with van der Waals surface area (Å²) in [6.45, 7) is 8.39. The molecule has 1 aliphatic heterocycles. The molecule has 40 heavy (non-hydrogen) atoms. The number of amides is 1. The van der Waals surface area contributed by atoms with Crippen LogP contribution in [0.2, 0.25) is 0 Å². The first-order valence-corrected chi connectivity index (χ1v) is 13.1. The van der Waals surface area contributed by atoms with Gasteiger partial charge in [0, 0.05) is 11.3 Å². The summed E-state index contributed by atoms with van der Waals surface area (Å²) in [4.78, 5) is 40.8. The van der Waals surface area contributed by atoms with Crippen molar-refractivity contribution >= 4 is 29.1 Å². The van der Waals surface area contributed by atoms with Crippen LogP contribution in [0.15, 0.2) is 72.3 Å². The Hall–Kier alpha value is -4.59. The van der Waals surface area contributed by atoms with Crippen molar-refractivity contribution in [3.8, 4) is 11.5 Å². The second-order valence-electron chi connectivity index (χ2n) is 9.90. The molecule has 3 aromatic carbocycles. The quantitative estimate of drug-likeness (QED) is 0.157. The first-order chi connectivity index (χ1) is 19.2. The van der Waals surface area contributed by atoms with E-state index in [1.807, 2.05) is 6.92 Å². The molecule has 8 nitrogen and oxygen atoms in total. The molecular formula is C32H33NO7. The number of carbonyl (C=O) groups excluding carboxylic acids is 3. The number of anilines is 1. The van der Waals surface area contributed by atoms with E-state index in [2.05, 4.69) is 13.8 Å². The molecule has 1 atom stereocenters. The van der Waals surface area contributed by atoms with Crippen molar-refractivity contribution in [2.45, 2.75) is 33.7 Å². The Morgan fingerprint density at radius 3 is 2.42 bits per heavy atom. The molecule has 3 aromatic rings. The van der Waals surface area contributed by atoms with Crippen LogP contribution in [0.5, 0.6) is 11.5 Å². The van der Waals surface area contributed by atoms with Gasteiger partial charge in [-0.2, -0.15) is 0 Å². The van der Waals surface area contributed by atoms with Gasteiger partial charge in [0.15, 0.2) is 0 Å². The molecule has 0 aliphatic carbocycles. The molecule has 8 heteroatoms. The topological polar surface area (TPSA) is 102 Å². The molecule has 0 aromatic heterocycles. The highest BCUT2D eigenvalue weighted by Gasteiger charge is 2.47. The molecule has 1 fully saturated rings. The zero-order valence-corrected chi connectivity index (χ0v) is 23.3. The van der Waals surface area contributed by atoms with Gasteiger partial charge in [0.1, 0.15) is 17.3 Å². The zero-order valence-electron chi connectivity index (χ0n) is 23.3. The number of Topliss-reactive ketones (excluding diaryl/α,β-unsaturated/α-hetero) is 1. The fraction of sp³-hybridized carbons (Fsp3) is 0.281. The Labute approximate surface area is 233 Å². The van der Waals surface area contributed by atoms with E-state index in [1.165, 1.54) is 18.1 Å². The molecule has 1 unspecified atom stereocenters. The van der Waals surface area contributed by atoms with E-state index in [9.17, 15) is 19.5 Å². The fourth-order valence-electron chi connectivity index (χ4n) is 4.59. The number of methoxy groups -OCH3 is 1. The minimum absolute atomic E-state index is 0.0740. The number of ether oxygens (including phenoxy) is 3. The van der Waals surface area contributed by atoms with Gasteiger partial charge in [-0.1, -0.05) is 32.0 Å². The number of nitrogens with zero attached hydrogens (tertiary/aromatic N) is 1. The molecule has 0 saturated carbocycles. The van der Waals surface area contributed by atoms with E-state index in [-0.39, 0.29) is 23.5 Å². The summed E-state index contributed by atoms with van der Waals surface area (Å²) in [7, 11) is 1.52. The minimum atomic E-state index is -0.982. The number of hydrogen-bond acceptors (Lipinski definition) is 7. The fourth-order valence-corrected chi connectivity index (χ4v) is 4.59. The molecule has 208 valence electrons. The Morgan fingerprint density at radius 1 is 1.00 bits per heavy atom. The van der Waals surface area contributed by atoms with E-state index in [4.69, 9.17) is 14.2 Å². The first kappa shape index (κ1) is 28.4. The number of esters is 1. The third kappa shape index (κ3) is 5.71. The van der Waals surface area contributed by atoms with E-state index < -0.39 is 23.7 Å². The van der Waals surface area contributed by atoms with E-state index in [1.54, 1.807) is 67.6 Å². The Balaban J connectivity index is 1.87. The molecule has 4 rings (SSSR count). The van der Waals surface area contributed by atoms with Crippen molar-refractivity contribution in [1.82, 2.24) is 0 Å². The summed E-state index contributed by atoms with van der Waals surface area (Å²) in [5.41, 5.74) is 2.18. The maximum Gasteiger partial charge on any atom is 0.338 e. The lowest BCUT2D eigenvalue weighted by molar-refractivity contribution is -0.132. The average molecular weight is 544 g/mol. The number of aryl methyl sites for hydroxylation is 1. The highest BCUT2D eigenvalue weighted by Crippen LogP contribution is 2.43. The number of carbonyl (C=O) groups is 3. The maximum atomic E-state index is 13.5. The van der Waals surface area contributed by atoms with Crippen LogP contribution in [0.3, 0.4) is 0 Å². The lowest BCUT2D eigenvalue weighted by atomic mass is 9.94. The van der Waals surface area contributed by atoms with Crippen LogP contribution in [-0.4, -0.2) is 43.1 Å². The molecule has 1 amide bonds. The van der Waals surface area contributed by atoms with E-state index >= 15 is 0 Å². The number of benzene rings is 3. The molecule has 1 saturated heterocycles. The van der Waals surface area contributed by atoms with Gasteiger partial charge in [0.05, 0.1) is 37.5 Å². The van der Waals surface area contributed by atoms with Gasteiger partial charge < -0.3 is 19.3 Å². The van der Waals surface area contributed by atoms with Crippen LogP contribution in [0.4, 0.5) is 5.69 Å². The Kier molecular flexibility index (Phi) is 8.58. The Bertz CT molecular complexity index is 1470. The number of rotatable bonds is 9. The Morgan fingerprint density at radius 2 is 1.75 bits per heavy atom. The highest BCUT2D eigenvalue weighted by molar-refractivity contribution is 6.51. The SMILES string of the molecule is CCOC(=O)c1cccc(N2C(=O)C(=O)/C(=C(/O)c3ccc(OCC(C)C)c(C)c3)C2c2cccc(OC)c2)c1. The average Bonchev–Trinajstić information content (AvgIpc) is 3.22. The van der Waals surface area contributed by atoms with Gasteiger partial charge in [-0.25, -0.2) is 4.79 Å². The number of aliphatic hydroxyl groups is 1. The standard InChI is InChI=1S/C32H33NO7/c1-6-39-32(37)23-10-7-11-24(16-23)33-28(21-9-8-12-25(17-21)38-5)27(30(35)31(33)36)29(34)22-13-14-26(20(4)15-22)40-18-19(2)3/h7-17,19,28,34H,6,18H2,1-5H3/b29-27+. The van der Waals surface area contributed by atoms with E-state index in [0.717, 1.165) is 5.56 Å². The molecular weight excluding hydrogens is 510 g/mol. The minimum Gasteiger partial charge on any atom is -0.507 e. The van der Waals surface area contributed by atoms with Crippen molar-refractivity contribution in [2.24, 2.45) is 5.92 Å². The molecule has 1 aliphatic rings. The molecule has 1 heterocycles. The third-order valence-corrected chi connectivity index (χ3v) is 6.51. The summed E-state index contributed by atoms with van der Waals surface area (Å²) >= 11 is 0. The van der Waals surface area contributed by atoms with Crippen molar-refractivity contribution in [1.29, 1.82) is 0 Å². The molecule has 0 spiro atoms. The zero-order chi connectivity index (χ0) is 29.0. The molecule has 0 radical (unpaired) electrons. The van der Waals surface area contributed by atoms with Crippen LogP contribution in [0.1, 0.15) is 53.9 Å². The summed E-state index contributed by atoms with van der Waals surface area (Å²) < 4.78 is 16.4. The van der Waals surface area contributed by atoms with Gasteiger partial charge in [-0.3, -0.25) is 14.5 Å². The smallest absolute Gasteiger partial charge is 0.338 e. The summed E-state index contributed by atoms with van der Waals surface area (Å²) in [5.74, 6) is -0.998. The molecule has 0 bridgehead atoms. The maximum absolute atomic E-state index is 13.5. The summed E-state index contributed by atoms with van der Waals surface area (Å²) in [5, 5.41) is 11.5. The monoisotopic (exact) mass is 543 g/mol. The lowest BCUT2D eigenvalue weighted by Crippen LogP contribution is -2.29. The second kappa shape index (κ2) is 12.1. The van der Waals surface area contributed by atoms with Gasteiger partial charge in [0.2, 0.25) is 0 Å². The third-order valence-electron chi connectivity index (χ3n) is 6.51. The van der Waals surface area contributed by atoms with Crippen LogP contribution in [-0.2, 0) is 14.3 Å². The predicted molar refractivity (Wildman–Crippen MR) is 152 cm³/mol. The van der Waals surface area contributed by atoms with Crippen molar-refractivity contribution < 1.29 is 33.7 Å². The van der Waals surface area contributed by atoms with Crippen LogP contribution in [0, 0.1) is 12.8 Å². The van der Waals surface area contributed by atoms with Crippen LogP contribution in [0.25, 0.3) is 5.76 Å². The second-order valence-corrected chi connectivity index (χ2v) is 9.90. The number of hydrogen-bond donors (Lipinski definition) is 1. The first-order valence-electron chi connectivity index (χ1n) is 13.1. The van der Waals surface area contributed by atoms with Gasteiger partial charge in [-0.05, 0) is 79.4 Å².